The highest BCUT2D eigenvalue weighted by Gasteiger charge is 2.51. The molecule has 29 heavy (non-hydrogen) atoms. The Bertz CT molecular complexity index is 797. The van der Waals surface area contributed by atoms with Gasteiger partial charge in [0.15, 0.2) is 18.7 Å². The molecule has 1 unspecified atom stereocenters. The number of rotatable bonds is 5. The number of esters is 1. The normalized spacial score (nSPS) is 31.7. The van der Waals surface area contributed by atoms with Crippen LogP contribution < -0.4 is 0 Å². The molecule has 2 aromatic rings. The molecule has 7 nitrogen and oxygen atoms in total. The average Bonchev–Trinajstić information content (AvgIpc) is 2.75. The third-order valence-electron chi connectivity index (χ3n) is 4.94. The first-order valence-corrected chi connectivity index (χ1v) is 9.60. The van der Waals surface area contributed by atoms with Gasteiger partial charge in [0.25, 0.3) is 0 Å². The maximum Gasteiger partial charge on any atom is 0.303 e. The molecule has 0 spiro atoms. The van der Waals surface area contributed by atoms with Crippen molar-refractivity contribution in [1.82, 2.24) is 0 Å². The van der Waals surface area contributed by atoms with Gasteiger partial charge in [-0.3, -0.25) is 4.79 Å². The monoisotopic (exact) mass is 400 g/mol. The van der Waals surface area contributed by atoms with Crippen LogP contribution in [0.25, 0.3) is 0 Å². The van der Waals surface area contributed by atoms with Crippen LogP contribution in [0.5, 0.6) is 0 Å². The van der Waals surface area contributed by atoms with Gasteiger partial charge < -0.3 is 28.8 Å². The molecule has 6 atom stereocenters. The van der Waals surface area contributed by atoms with Crippen molar-refractivity contribution >= 4 is 5.97 Å². The summed E-state index contributed by atoms with van der Waals surface area (Å²) < 4.78 is 28.9. The van der Waals surface area contributed by atoms with Gasteiger partial charge in [0.1, 0.15) is 18.3 Å². The first-order chi connectivity index (χ1) is 14.1. The van der Waals surface area contributed by atoms with E-state index in [1.54, 1.807) is 0 Å². The standard InChI is InChI=1S/C22H24O7/c1-14(23)27-20-18(24)19-17(13-26-21(29-19)16-10-6-3-7-11-16)28-22(20)25-12-15-8-4-2-5-9-15/h2-11,17-22,24H,12-13H2,1H3/t17-,18+,19-,20-,21?,22-/m1/s1. The molecule has 0 radical (unpaired) electrons. The van der Waals surface area contributed by atoms with Gasteiger partial charge in [-0.2, -0.15) is 0 Å². The van der Waals surface area contributed by atoms with E-state index in [0.29, 0.717) is 0 Å². The third-order valence-corrected chi connectivity index (χ3v) is 4.94. The molecule has 1 N–H and O–H groups in total. The lowest BCUT2D eigenvalue weighted by atomic mass is 9.97. The fourth-order valence-corrected chi connectivity index (χ4v) is 3.55. The maximum atomic E-state index is 11.6. The highest BCUT2D eigenvalue weighted by Crippen LogP contribution is 2.35. The molecule has 2 aliphatic heterocycles. The van der Waals surface area contributed by atoms with E-state index in [9.17, 15) is 9.90 Å². The van der Waals surface area contributed by atoms with Crippen LogP contribution >= 0.6 is 0 Å². The molecule has 0 bridgehead atoms. The summed E-state index contributed by atoms with van der Waals surface area (Å²) in [7, 11) is 0. The lowest BCUT2D eigenvalue weighted by Crippen LogP contribution is -2.63. The molecule has 2 aliphatic rings. The third kappa shape index (κ3) is 4.66. The highest BCUT2D eigenvalue weighted by atomic mass is 16.8. The summed E-state index contributed by atoms with van der Waals surface area (Å²) in [4.78, 5) is 11.6. The summed E-state index contributed by atoms with van der Waals surface area (Å²) in [5.41, 5.74) is 1.78. The second-order valence-corrected chi connectivity index (χ2v) is 7.08. The van der Waals surface area contributed by atoms with Crippen molar-refractivity contribution in [1.29, 1.82) is 0 Å². The minimum absolute atomic E-state index is 0.222. The second kappa shape index (κ2) is 9.02. The molecule has 4 rings (SSSR count). The Morgan fingerprint density at radius 3 is 2.45 bits per heavy atom. The Morgan fingerprint density at radius 1 is 1.07 bits per heavy atom. The molecule has 0 aliphatic carbocycles. The number of carbonyl (C=O) groups excluding carboxylic acids is 1. The zero-order valence-corrected chi connectivity index (χ0v) is 16.0. The smallest absolute Gasteiger partial charge is 0.303 e. The largest absolute Gasteiger partial charge is 0.454 e. The van der Waals surface area contributed by atoms with Crippen molar-refractivity contribution in [3.63, 3.8) is 0 Å². The summed E-state index contributed by atoms with van der Waals surface area (Å²) in [6.07, 6.45) is -4.95. The molecule has 154 valence electrons. The fraction of sp³-hybridized carbons (Fsp3) is 0.409. The van der Waals surface area contributed by atoms with Gasteiger partial charge in [-0.05, 0) is 5.56 Å². The van der Waals surface area contributed by atoms with E-state index < -0.39 is 43.0 Å². The predicted molar refractivity (Wildman–Crippen MR) is 101 cm³/mol. The molecular formula is C22H24O7. The van der Waals surface area contributed by atoms with Crippen LogP contribution in [0.2, 0.25) is 0 Å². The Balaban J connectivity index is 1.48. The van der Waals surface area contributed by atoms with Gasteiger partial charge in [0.05, 0.1) is 13.2 Å². The highest BCUT2D eigenvalue weighted by molar-refractivity contribution is 5.66. The predicted octanol–water partition coefficient (Wildman–Crippen LogP) is 2.33. The molecule has 0 amide bonds. The Hall–Kier alpha value is -2.29. The van der Waals surface area contributed by atoms with Gasteiger partial charge in [-0.1, -0.05) is 60.7 Å². The molecule has 2 heterocycles. The van der Waals surface area contributed by atoms with Crippen molar-refractivity contribution < 1.29 is 33.6 Å². The number of carbonyl (C=O) groups is 1. The van der Waals surface area contributed by atoms with E-state index in [1.807, 2.05) is 60.7 Å². The number of aliphatic hydroxyl groups excluding tert-OH is 1. The molecule has 0 saturated carbocycles. The van der Waals surface area contributed by atoms with E-state index in [2.05, 4.69) is 0 Å². The van der Waals surface area contributed by atoms with Gasteiger partial charge in [0, 0.05) is 12.5 Å². The van der Waals surface area contributed by atoms with Crippen LogP contribution in [0.1, 0.15) is 24.3 Å². The van der Waals surface area contributed by atoms with Crippen molar-refractivity contribution in [2.24, 2.45) is 0 Å². The van der Waals surface area contributed by atoms with E-state index in [0.717, 1.165) is 11.1 Å². The van der Waals surface area contributed by atoms with Crippen LogP contribution in [0, 0.1) is 0 Å². The number of hydrogen-bond donors (Lipinski definition) is 1. The molecule has 2 aromatic carbocycles. The quantitative estimate of drug-likeness (QED) is 0.772. The fourth-order valence-electron chi connectivity index (χ4n) is 3.55. The minimum Gasteiger partial charge on any atom is -0.454 e. The molecule has 2 fully saturated rings. The Morgan fingerprint density at radius 2 is 1.76 bits per heavy atom. The van der Waals surface area contributed by atoms with Gasteiger partial charge in [-0.25, -0.2) is 0 Å². The number of ether oxygens (including phenoxy) is 5. The second-order valence-electron chi connectivity index (χ2n) is 7.08. The summed E-state index contributed by atoms with van der Waals surface area (Å²) in [6, 6.07) is 19.0. The molecule has 0 aromatic heterocycles. The number of fused-ring (bicyclic) bond motifs is 1. The van der Waals surface area contributed by atoms with Crippen molar-refractivity contribution in [2.45, 2.75) is 50.5 Å². The summed E-state index contributed by atoms with van der Waals surface area (Å²) >= 11 is 0. The summed E-state index contributed by atoms with van der Waals surface area (Å²) in [5, 5.41) is 10.9. The topological polar surface area (TPSA) is 83.5 Å². The molecule has 7 heteroatoms. The van der Waals surface area contributed by atoms with Crippen molar-refractivity contribution in [3.8, 4) is 0 Å². The van der Waals surface area contributed by atoms with Crippen LogP contribution in [0.4, 0.5) is 0 Å². The molecular weight excluding hydrogens is 376 g/mol. The Kier molecular flexibility index (Phi) is 6.22. The van der Waals surface area contributed by atoms with Crippen LogP contribution in [-0.4, -0.2) is 48.4 Å². The average molecular weight is 400 g/mol. The number of aliphatic hydroxyl groups is 1. The van der Waals surface area contributed by atoms with Gasteiger partial charge in [0.2, 0.25) is 0 Å². The van der Waals surface area contributed by atoms with Crippen molar-refractivity contribution in [2.75, 3.05) is 6.61 Å². The van der Waals surface area contributed by atoms with E-state index >= 15 is 0 Å². The Labute approximate surface area is 169 Å². The summed E-state index contributed by atoms with van der Waals surface area (Å²) in [6.45, 7) is 1.76. The maximum absolute atomic E-state index is 11.6. The molecule has 2 saturated heterocycles. The van der Waals surface area contributed by atoms with Crippen LogP contribution in [-0.2, 0) is 35.1 Å². The van der Waals surface area contributed by atoms with E-state index in [-0.39, 0.29) is 13.2 Å². The lowest BCUT2D eigenvalue weighted by Gasteiger charge is -2.47. The first kappa shape index (κ1) is 20.0. The summed E-state index contributed by atoms with van der Waals surface area (Å²) in [5.74, 6) is -0.531. The SMILES string of the molecule is CC(=O)O[C@H]1[C@H](OCc2ccccc2)O[C@@H]2COC(c3ccccc3)O[C@H]2[C@@H]1O. The van der Waals surface area contributed by atoms with E-state index in [1.165, 1.54) is 6.92 Å². The first-order valence-electron chi connectivity index (χ1n) is 9.60. The zero-order valence-electron chi connectivity index (χ0n) is 16.0. The lowest BCUT2D eigenvalue weighted by molar-refractivity contribution is -0.363. The minimum atomic E-state index is -1.12. The van der Waals surface area contributed by atoms with Crippen molar-refractivity contribution in [3.05, 3.63) is 71.8 Å². The van der Waals surface area contributed by atoms with Gasteiger partial charge in [-0.15, -0.1) is 0 Å². The van der Waals surface area contributed by atoms with Gasteiger partial charge >= 0.3 is 5.97 Å². The van der Waals surface area contributed by atoms with Crippen LogP contribution in [0.3, 0.4) is 0 Å². The van der Waals surface area contributed by atoms with E-state index in [4.69, 9.17) is 23.7 Å². The number of hydrogen-bond acceptors (Lipinski definition) is 7. The van der Waals surface area contributed by atoms with Crippen LogP contribution in [0.15, 0.2) is 60.7 Å². The zero-order chi connectivity index (χ0) is 20.2. The number of benzene rings is 2.